The van der Waals surface area contributed by atoms with Gasteiger partial charge in [-0.2, -0.15) is 0 Å². The quantitative estimate of drug-likeness (QED) is 0.788. The highest BCUT2D eigenvalue weighted by atomic mass is 79.9. The average molecular weight is 413 g/mol. The fourth-order valence-electron chi connectivity index (χ4n) is 2.01. The molecule has 0 fully saturated rings. The molecule has 0 spiro atoms. The smallest absolute Gasteiger partial charge is 0.251 e. The Morgan fingerprint density at radius 3 is 2.29 bits per heavy atom. The summed E-state index contributed by atoms with van der Waals surface area (Å²) in [5.41, 5.74) is 1.62. The van der Waals surface area contributed by atoms with Crippen LogP contribution < -0.4 is 5.32 Å². The van der Waals surface area contributed by atoms with Crippen molar-refractivity contribution in [3.05, 3.63) is 68.6 Å². The second-order valence-electron chi connectivity index (χ2n) is 4.70. The van der Waals surface area contributed by atoms with Crippen molar-refractivity contribution in [2.24, 2.45) is 0 Å². The maximum atomic E-state index is 12.2. The number of hydrogen-bond acceptors (Lipinski definition) is 2. The molecule has 21 heavy (non-hydrogen) atoms. The molecule has 0 aliphatic heterocycles. The van der Waals surface area contributed by atoms with Crippen LogP contribution in [0.4, 0.5) is 0 Å². The Hall–Kier alpha value is -1.17. The lowest BCUT2D eigenvalue weighted by Gasteiger charge is -2.16. The second-order valence-corrected chi connectivity index (χ2v) is 6.53. The minimum atomic E-state index is -0.308. The minimum absolute atomic E-state index is 0.101. The van der Waals surface area contributed by atoms with E-state index in [0.29, 0.717) is 12.0 Å². The normalized spacial score (nSPS) is 12.0. The van der Waals surface area contributed by atoms with E-state index in [1.54, 1.807) is 12.1 Å². The summed E-state index contributed by atoms with van der Waals surface area (Å²) in [4.78, 5) is 12.2. The van der Waals surface area contributed by atoms with Crippen LogP contribution in [0.3, 0.4) is 0 Å². The molecule has 2 N–H and O–H groups in total. The highest BCUT2D eigenvalue weighted by Crippen LogP contribution is 2.20. The molecule has 0 heterocycles. The zero-order chi connectivity index (χ0) is 15.2. The topological polar surface area (TPSA) is 49.3 Å². The molecule has 1 unspecified atom stereocenters. The molecule has 110 valence electrons. The third kappa shape index (κ3) is 4.95. The first kappa shape index (κ1) is 16.2. The minimum Gasteiger partial charge on any atom is -0.394 e. The van der Waals surface area contributed by atoms with Gasteiger partial charge in [0.05, 0.1) is 12.6 Å². The van der Waals surface area contributed by atoms with E-state index < -0.39 is 0 Å². The molecule has 2 aromatic rings. The molecule has 0 aliphatic rings. The lowest BCUT2D eigenvalue weighted by molar-refractivity contribution is 0.0916. The molecule has 0 bridgehead atoms. The van der Waals surface area contributed by atoms with Gasteiger partial charge in [0, 0.05) is 14.5 Å². The van der Waals surface area contributed by atoms with Gasteiger partial charge in [-0.05, 0) is 30.2 Å². The maximum absolute atomic E-state index is 12.2. The van der Waals surface area contributed by atoms with E-state index in [0.717, 1.165) is 14.5 Å². The number of benzene rings is 2. The Morgan fingerprint density at radius 1 is 1.10 bits per heavy atom. The first-order valence-corrected chi connectivity index (χ1v) is 8.09. The fourth-order valence-corrected chi connectivity index (χ4v) is 3.31. The van der Waals surface area contributed by atoms with E-state index in [4.69, 9.17) is 0 Å². The van der Waals surface area contributed by atoms with Gasteiger partial charge in [0.25, 0.3) is 5.91 Å². The molecule has 0 aromatic heterocycles. The number of hydrogen-bond donors (Lipinski definition) is 2. The molecule has 2 rings (SSSR count). The predicted octanol–water partition coefficient (Wildman–Crippen LogP) is 3.55. The van der Waals surface area contributed by atoms with Crippen molar-refractivity contribution in [1.82, 2.24) is 5.32 Å². The van der Waals surface area contributed by atoms with Crippen LogP contribution >= 0.6 is 31.9 Å². The van der Waals surface area contributed by atoms with Gasteiger partial charge in [-0.1, -0.05) is 62.2 Å². The molecule has 0 radical (unpaired) electrons. The van der Waals surface area contributed by atoms with Crippen LogP contribution in [0.15, 0.2) is 57.5 Å². The molecular formula is C16H15Br2NO2. The summed E-state index contributed by atoms with van der Waals surface area (Å²) >= 11 is 6.72. The van der Waals surface area contributed by atoms with E-state index >= 15 is 0 Å². The second kappa shape index (κ2) is 7.73. The maximum Gasteiger partial charge on any atom is 0.251 e. The van der Waals surface area contributed by atoms with Crippen LogP contribution in [0, 0.1) is 0 Å². The Labute approximate surface area is 140 Å². The van der Waals surface area contributed by atoms with E-state index in [1.165, 1.54) is 0 Å². The van der Waals surface area contributed by atoms with Crippen molar-refractivity contribution in [3.63, 3.8) is 0 Å². The molecule has 0 aliphatic carbocycles. The monoisotopic (exact) mass is 411 g/mol. The number of carbonyl (C=O) groups is 1. The average Bonchev–Trinajstić information content (AvgIpc) is 2.46. The third-order valence-electron chi connectivity index (χ3n) is 3.01. The van der Waals surface area contributed by atoms with Gasteiger partial charge in [0.1, 0.15) is 0 Å². The molecule has 1 atom stereocenters. The zero-order valence-electron chi connectivity index (χ0n) is 11.2. The first-order valence-electron chi connectivity index (χ1n) is 6.50. The Balaban J connectivity index is 2.05. The fraction of sp³-hybridized carbons (Fsp3) is 0.188. The summed E-state index contributed by atoms with van der Waals surface area (Å²) in [7, 11) is 0. The number of halogens is 2. The van der Waals surface area contributed by atoms with Crippen LogP contribution in [0.25, 0.3) is 0 Å². The molecule has 5 heteroatoms. The Kier molecular flexibility index (Phi) is 5.96. The van der Waals surface area contributed by atoms with E-state index in [-0.39, 0.29) is 18.6 Å². The van der Waals surface area contributed by atoms with Gasteiger partial charge in [0.15, 0.2) is 0 Å². The van der Waals surface area contributed by atoms with Crippen molar-refractivity contribution < 1.29 is 9.90 Å². The van der Waals surface area contributed by atoms with Gasteiger partial charge < -0.3 is 10.4 Å². The van der Waals surface area contributed by atoms with Crippen LogP contribution in [0.1, 0.15) is 15.9 Å². The molecule has 1 amide bonds. The number of carbonyl (C=O) groups excluding carboxylic acids is 1. The largest absolute Gasteiger partial charge is 0.394 e. The lowest BCUT2D eigenvalue weighted by atomic mass is 10.1. The highest BCUT2D eigenvalue weighted by molar-refractivity contribution is 9.11. The molecular weight excluding hydrogens is 398 g/mol. The van der Waals surface area contributed by atoms with Crippen LogP contribution in [-0.4, -0.2) is 23.7 Å². The molecule has 2 aromatic carbocycles. The number of rotatable bonds is 5. The molecule has 0 saturated carbocycles. The van der Waals surface area contributed by atoms with Crippen LogP contribution in [0.2, 0.25) is 0 Å². The Bertz CT molecular complexity index is 597. The van der Waals surface area contributed by atoms with Gasteiger partial charge in [0.2, 0.25) is 0 Å². The summed E-state index contributed by atoms with van der Waals surface area (Å²) in [5.74, 6) is -0.202. The van der Waals surface area contributed by atoms with Crippen molar-refractivity contribution >= 4 is 37.8 Å². The predicted molar refractivity (Wildman–Crippen MR) is 90.3 cm³/mol. The van der Waals surface area contributed by atoms with Crippen LogP contribution in [0.5, 0.6) is 0 Å². The zero-order valence-corrected chi connectivity index (χ0v) is 14.4. The third-order valence-corrected chi connectivity index (χ3v) is 3.92. The standard InChI is InChI=1S/C16H15Br2NO2/c17-13-7-12(8-14(18)9-13)16(21)19-15(10-20)6-11-4-2-1-3-5-11/h1-5,7-9,15,20H,6,10H2,(H,19,21). The van der Waals surface area contributed by atoms with Gasteiger partial charge in [-0.25, -0.2) is 0 Å². The van der Waals surface area contributed by atoms with Crippen LogP contribution in [-0.2, 0) is 6.42 Å². The number of aliphatic hydroxyl groups is 1. The molecule has 3 nitrogen and oxygen atoms in total. The van der Waals surface area contributed by atoms with Crippen molar-refractivity contribution in [2.45, 2.75) is 12.5 Å². The summed E-state index contributed by atoms with van der Waals surface area (Å²) in [6.07, 6.45) is 0.595. The first-order chi connectivity index (χ1) is 10.1. The van der Waals surface area contributed by atoms with E-state index in [2.05, 4.69) is 37.2 Å². The highest BCUT2D eigenvalue weighted by Gasteiger charge is 2.14. The lowest BCUT2D eigenvalue weighted by Crippen LogP contribution is -2.39. The van der Waals surface area contributed by atoms with E-state index in [9.17, 15) is 9.90 Å². The summed E-state index contributed by atoms with van der Waals surface area (Å²) in [5, 5.41) is 12.3. The van der Waals surface area contributed by atoms with Gasteiger partial charge >= 0.3 is 0 Å². The molecule has 0 saturated heterocycles. The Morgan fingerprint density at radius 2 is 1.71 bits per heavy atom. The van der Waals surface area contributed by atoms with Gasteiger partial charge in [-0.15, -0.1) is 0 Å². The summed E-state index contributed by atoms with van der Waals surface area (Å²) in [6.45, 7) is -0.101. The van der Waals surface area contributed by atoms with Gasteiger partial charge in [-0.3, -0.25) is 4.79 Å². The number of amides is 1. The summed E-state index contributed by atoms with van der Waals surface area (Å²) in [6, 6.07) is 14.8. The van der Waals surface area contributed by atoms with Crippen molar-refractivity contribution in [1.29, 1.82) is 0 Å². The van der Waals surface area contributed by atoms with Crippen molar-refractivity contribution in [3.8, 4) is 0 Å². The SMILES string of the molecule is O=C(NC(CO)Cc1ccccc1)c1cc(Br)cc(Br)c1. The number of nitrogens with one attached hydrogen (secondary N) is 1. The summed E-state index contributed by atoms with van der Waals surface area (Å²) < 4.78 is 1.65. The van der Waals surface area contributed by atoms with Crippen molar-refractivity contribution in [2.75, 3.05) is 6.61 Å². The van der Waals surface area contributed by atoms with E-state index in [1.807, 2.05) is 36.4 Å². The number of aliphatic hydroxyl groups excluding tert-OH is 1.